The van der Waals surface area contributed by atoms with Gasteiger partial charge in [-0.3, -0.25) is 4.79 Å². The molecule has 12 nitrogen and oxygen atoms in total. The van der Waals surface area contributed by atoms with Crippen LogP contribution in [0.1, 0.15) is 34.3 Å². The van der Waals surface area contributed by atoms with E-state index in [0.717, 1.165) is 0 Å². The van der Waals surface area contributed by atoms with Crippen molar-refractivity contribution in [2.24, 2.45) is 11.7 Å². The van der Waals surface area contributed by atoms with Crippen molar-refractivity contribution in [1.82, 2.24) is 0 Å². The highest BCUT2D eigenvalue weighted by molar-refractivity contribution is 8.76. The van der Waals surface area contributed by atoms with Crippen LogP contribution in [0.15, 0.2) is 24.3 Å². The summed E-state index contributed by atoms with van der Waals surface area (Å²) in [6.45, 7) is 0.825. The second-order valence-electron chi connectivity index (χ2n) is 11.2. The van der Waals surface area contributed by atoms with Crippen LogP contribution in [0, 0.1) is 12.8 Å². The summed E-state index contributed by atoms with van der Waals surface area (Å²) in [4.78, 5) is 13.6. The van der Waals surface area contributed by atoms with Gasteiger partial charge in [0.2, 0.25) is 6.29 Å². The smallest absolute Gasteiger partial charge is 0.229 e. The van der Waals surface area contributed by atoms with Gasteiger partial charge in [0.25, 0.3) is 0 Å². The number of aryl methyl sites for hydroxylation is 1. The lowest BCUT2D eigenvalue weighted by molar-refractivity contribution is -0.304. The number of methoxy groups -OCH3 is 1. The predicted octanol–water partition coefficient (Wildman–Crippen LogP) is 0.504. The molecule has 14 heteroatoms. The van der Waals surface area contributed by atoms with Gasteiger partial charge in [0.05, 0.1) is 31.3 Å². The van der Waals surface area contributed by atoms with Gasteiger partial charge in [-0.15, -0.1) is 0 Å². The highest BCUT2D eigenvalue weighted by Gasteiger charge is 2.56. The highest BCUT2D eigenvalue weighted by Crippen LogP contribution is 2.47. The summed E-state index contributed by atoms with van der Waals surface area (Å²) >= 11 is 0. The number of Topliss-reactive ketones (excluding diaryl/α,β-unsaturated/α-hetero) is 1. The zero-order valence-electron chi connectivity index (χ0n) is 23.6. The molecule has 1 aliphatic carbocycles. The summed E-state index contributed by atoms with van der Waals surface area (Å²) in [6.07, 6.45) is -5.21. The standard InChI is InChI=1S/C29H37NO11S2/c1-12-5-16-17(10-32)19(39-2)8-20-22(16)23(34)21(12)18(33)7-15(9-31)43-42-11-13-6-14(30)3-4-29(13,38)27-25(36)24(35)26(37)28(40-20)41-27/h3-5,8,13-15,24-28,31-32,34-38H,6-7,9-11,30H2,1-2H3/t13-,14-,15-,24-,25-,26+,27-,28-,29-/m0/s1. The van der Waals surface area contributed by atoms with Crippen LogP contribution in [0.25, 0.3) is 10.8 Å². The van der Waals surface area contributed by atoms with E-state index in [2.05, 4.69) is 0 Å². The number of carbonyl (C=O) groups is 1. The van der Waals surface area contributed by atoms with Gasteiger partial charge in [-0.2, -0.15) is 0 Å². The lowest BCUT2D eigenvalue weighted by Gasteiger charge is -2.49. The number of aliphatic hydroxyl groups is 6. The molecule has 1 fully saturated rings. The van der Waals surface area contributed by atoms with Crippen molar-refractivity contribution in [3.8, 4) is 17.2 Å². The van der Waals surface area contributed by atoms with Crippen LogP contribution in [-0.4, -0.2) is 109 Å². The van der Waals surface area contributed by atoms with Gasteiger partial charge < -0.3 is 55.7 Å². The first-order chi connectivity index (χ1) is 20.4. The number of ketones is 1. The summed E-state index contributed by atoms with van der Waals surface area (Å²) < 4.78 is 17.6. The predicted molar refractivity (Wildman–Crippen MR) is 160 cm³/mol. The van der Waals surface area contributed by atoms with E-state index in [1.54, 1.807) is 19.1 Å². The fourth-order valence-electron chi connectivity index (χ4n) is 6.14. The molecule has 9 N–H and O–H groups in total. The number of hydrogen-bond donors (Lipinski definition) is 8. The van der Waals surface area contributed by atoms with Gasteiger partial charge in [0.1, 0.15) is 47.3 Å². The molecule has 0 radical (unpaired) electrons. The van der Waals surface area contributed by atoms with E-state index < -0.39 is 71.7 Å². The number of hydrogen-bond acceptors (Lipinski definition) is 14. The van der Waals surface area contributed by atoms with Crippen LogP contribution in [-0.2, 0) is 11.3 Å². The molecule has 0 spiro atoms. The van der Waals surface area contributed by atoms with Crippen LogP contribution in [0.2, 0.25) is 0 Å². The average Bonchev–Trinajstić information content (AvgIpc) is 2.97. The van der Waals surface area contributed by atoms with Crippen LogP contribution in [0.5, 0.6) is 17.2 Å². The minimum Gasteiger partial charge on any atom is -0.506 e. The summed E-state index contributed by atoms with van der Waals surface area (Å²) in [7, 11) is 3.92. The van der Waals surface area contributed by atoms with Crippen molar-refractivity contribution in [1.29, 1.82) is 0 Å². The molecule has 43 heavy (non-hydrogen) atoms. The molecule has 2 aromatic rings. The number of ether oxygens (including phenoxy) is 3. The summed E-state index contributed by atoms with van der Waals surface area (Å²) in [5.41, 5.74) is 5.04. The van der Waals surface area contributed by atoms with Gasteiger partial charge in [-0.05, 0) is 30.4 Å². The minimum absolute atomic E-state index is 0.00115. The molecule has 0 amide bonds. The quantitative estimate of drug-likeness (QED) is 0.170. The second kappa shape index (κ2) is 12.7. The van der Waals surface area contributed by atoms with Gasteiger partial charge >= 0.3 is 0 Å². The first kappa shape index (κ1) is 32.3. The molecule has 2 aromatic carbocycles. The Bertz CT molecular complexity index is 1410. The van der Waals surface area contributed by atoms with Gasteiger partial charge in [0.15, 0.2) is 5.78 Å². The van der Waals surface area contributed by atoms with Gasteiger partial charge in [-0.1, -0.05) is 33.7 Å². The number of nitrogens with two attached hydrogens (primary N) is 1. The number of fused-ring (bicyclic) bond motifs is 5. The van der Waals surface area contributed by atoms with Crippen LogP contribution in [0.3, 0.4) is 0 Å². The molecule has 2 heterocycles. The molecule has 1 saturated heterocycles. The zero-order valence-corrected chi connectivity index (χ0v) is 25.3. The third-order valence-corrected chi connectivity index (χ3v) is 11.4. The first-order valence-corrected chi connectivity index (χ1v) is 16.3. The first-order valence-electron chi connectivity index (χ1n) is 13.9. The number of benzene rings is 2. The molecule has 0 saturated carbocycles. The number of carbonyl (C=O) groups excluding carboxylic acids is 1. The van der Waals surface area contributed by atoms with E-state index in [4.69, 9.17) is 19.9 Å². The Balaban J connectivity index is 1.72. The van der Waals surface area contributed by atoms with Crippen molar-refractivity contribution in [3.05, 3.63) is 41.0 Å². The topological polar surface area (TPSA) is 212 Å². The molecule has 236 valence electrons. The number of phenolic OH excluding ortho intramolecular Hbond substituents is 1. The molecule has 3 aliphatic rings. The van der Waals surface area contributed by atoms with E-state index in [-0.39, 0.29) is 41.2 Å². The Labute approximate surface area is 255 Å². The van der Waals surface area contributed by atoms with Crippen molar-refractivity contribution >= 4 is 38.1 Å². The van der Waals surface area contributed by atoms with Crippen molar-refractivity contribution in [3.63, 3.8) is 0 Å². The molecule has 0 unspecified atom stereocenters. The van der Waals surface area contributed by atoms with Gasteiger partial charge in [0, 0.05) is 41.0 Å². The molecule has 9 atom stereocenters. The molecular formula is C29H37NO11S2. The summed E-state index contributed by atoms with van der Waals surface area (Å²) in [5.74, 6) is -1.13. The normalized spacial score (nSPS) is 35.0. The van der Waals surface area contributed by atoms with E-state index in [1.807, 2.05) is 0 Å². The van der Waals surface area contributed by atoms with Crippen molar-refractivity contribution in [2.45, 2.75) is 74.0 Å². The van der Waals surface area contributed by atoms with E-state index >= 15 is 0 Å². The number of rotatable bonds is 3. The van der Waals surface area contributed by atoms with Crippen LogP contribution in [0.4, 0.5) is 0 Å². The Morgan fingerprint density at radius 1 is 1.16 bits per heavy atom. The maximum atomic E-state index is 13.6. The molecular weight excluding hydrogens is 602 g/mol. The van der Waals surface area contributed by atoms with Crippen molar-refractivity contribution < 1.29 is 54.8 Å². The van der Waals surface area contributed by atoms with Gasteiger partial charge in [-0.25, -0.2) is 0 Å². The molecule has 5 rings (SSSR count). The molecule has 0 aromatic heterocycles. The number of phenols is 1. The summed E-state index contributed by atoms with van der Waals surface area (Å²) in [5, 5.41) is 76.4. The Kier molecular flexibility index (Phi) is 9.55. The van der Waals surface area contributed by atoms with E-state index in [9.17, 15) is 40.5 Å². The fraction of sp³-hybridized carbons (Fsp3) is 0.552. The SMILES string of the molecule is COc1cc2c3c(O)c(c(C)cc3c1CO)C(=O)C[C@@H](CO)SSC[C@@H]1C[C@@H](N)C=C[C@@]1(O)[C@H]1O[C@H](O2)[C@H](O)[C@@H](O)[C@@H]1O. The van der Waals surface area contributed by atoms with Crippen LogP contribution < -0.4 is 15.2 Å². The Hall–Kier alpha value is -2.11. The number of aliphatic hydroxyl groups excluding tert-OH is 5. The lowest BCUT2D eigenvalue weighted by atomic mass is 9.72. The fourth-order valence-corrected chi connectivity index (χ4v) is 8.95. The third kappa shape index (κ3) is 5.74. The molecule has 4 bridgehead atoms. The zero-order chi connectivity index (χ0) is 31.2. The third-order valence-electron chi connectivity index (χ3n) is 8.47. The van der Waals surface area contributed by atoms with Crippen molar-refractivity contribution in [2.75, 3.05) is 19.5 Å². The summed E-state index contributed by atoms with van der Waals surface area (Å²) in [6, 6.07) is 2.55. The maximum absolute atomic E-state index is 13.6. The monoisotopic (exact) mass is 639 g/mol. The lowest BCUT2D eigenvalue weighted by Crippen LogP contribution is -2.67. The van der Waals surface area contributed by atoms with Crippen LogP contribution >= 0.6 is 21.6 Å². The van der Waals surface area contributed by atoms with E-state index in [0.29, 0.717) is 22.9 Å². The Morgan fingerprint density at radius 3 is 2.58 bits per heavy atom. The minimum atomic E-state index is -1.85. The largest absolute Gasteiger partial charge is 0.506 e. The number of aromatic hydroxyl groups is 1. The second-order valence-corrected chi connectivity index (χ2v) is 13.9. The maximum Gasteiger partial charge on any atom is 0.229 e. The highest BCUT2D eigenvalue weighted by atomic mass is 33.1. The molecule has 2 aliphatic heterocycles. The van der Waals surface area contributed by atoms with E-state index in [1.165, 1.54) is 40.8 Å². The average molecular weight is 640 g/mol. The Morgan fingerprint density at radius 2 is 1.91 bits per heavy atom.